The number of rotatable bonds is 4. The smallest absolute Gasteiger partial charge is 0.312 e. The molecule has 6 N–H and O–H groups in total. The molecule has 4 heterocycles. The number of nitrogens with zero attached hydrogens (tertiary/aromatic N) is 2. The zero-order valence-corrected chi connectivity index (χ0v) is 36.1. The van der Waals surface area contributed by atoms with Crippen LogP contribution in [0.25, 0.3) is 5.76 Å². The summed E-state index contributed by atoms with van der Waals surface area (Å²) in [6.07, 6.45) is 5.14. The SMILES string of the molecule is CO[C@H]1/C=C/O[C@@]2(C)Oc3c(C)c(O)c4c(c3C2=O)C(=O)/C(=C/NN2CCN(C)CC2)C(=C4O)NCC(=O)/C(C)=C\C=C\[C@H](C)[C@H](O)[C@@H](C)[C@@H](O)[C@@H](C)[C@H](OC(C)=O)[C@@H]1C. The van der Waals surface area contributed by atoms with Crippen LogP contribution in [0.15, 0.2) is 53.6 Å². The Morgan fingerprint density at radius 1 is 0.967 bits per heavy atom. The Kier molecular flexibility index (Phi) is 14.4. The van der Waals surface area contributed by atoms with Gasteiger partial charge in [0.2, 0.25) is 0 Å². The van der Waals surface area contributed by atoms with Crippen LogP contribution in [-0.2, 0) is 23.8 Å². The van der Waals surface area contributed by atoms with Gasteiger partial charge in [0.05, 0.1) is 59.1 Å². The van der Waals surface area contributed by atoms with E-state index < -0.39 is 82.9 Å². The lowest BCUT2D eigenvalue weighted by molar-refractivity contribution is -0.160. The van der Waals surface area contributed by atoms with Crippen LogP contribution in [0.5, 0.6) is 11.5 Å². The molecule has 60 heavy (non-hydrogen) atoms. The molecule has 5 bridgehead atoms. The fourth-order valence-electron chi connectivity index (χ4n) is 8.13. The van der Waals surface area contributed by atoms with Crippen molar-refractivity contribution in [3.63, 3.8) is 0 Å². The minimum absolute atomic E-state index is 0.0620. The Balaban J connectivity index is 1.63. The molecule has 9 atom stereocenters. The highest BCUT2D eigenvalue weighted by atomic mass is 16.7. The molecule has 0 radical (unpaired) electrons. The van der Waals surface area contributed by atoms with E-state index >= 15 is 0 Å². The molecule has 1 aromatic carbocycles. The lowest BCUT2D eigenvalue weighted by Gasteiger charge is -2.38. The molecule has 1 aromatic rings. The van der Waals surface area contributed by atoms with Crippen molar-refractivity contribution in [3.8, 4) is 11.5 Å². The quantitative estimate of drug-likeness (QED) is 0.189. The number of allylic oxidation sites excluding steroid dienone is 3. The third kappa shape index (κ3) is 9.17. The van der Waals surface area contributed by atoms with Crippen molar-refractivity contribution in [2.75, 3.05) is 46.9 Å². The molecule has 0 spiro atoms. The molecule has 5 aliphatic rings. The second kappa shape index (κ2) is 18.7. The summed E-state index contributed by atoms with van der Waals surface area (Å²) in [7, 11) is 3.43. The average molecular weight is 837 g/mol. The van der Waals surface area contributed by atoms with Crippen molar-refractivity contribution in [2.45, 2.75) is 85.6 Å². The van der Waals surface area contributed by atoms with Crippen LogP contribution < -0.4 is 15.5 Å². The lowest BCUT2D eigenvalue weighted by Crippen LogP contribution is -2.49. The predicted octanol–water partition coefficient (Wildman–Crippen LogP) is 3.47. The van der Waals surface area contributed by atoms with Gasteiger partial charge in [0.1, 0.15) is 17.6 Å². The fraction of sp³-hybridized carbons (Fsp3) is 0.545. The second-order valence-corrected chi connectivity index (χ2v) is 16.5. The van der Waals surface area contributed by atoms with E-state index in [-0.39, 0.29) is 51.6 Å². The molecule has 16 nitrogen and oxygen atoms in total. The first-order valence-corrected chi connectivity index (χ1v) is 20.3. The maximum absolute atomic E-state index is 14.7. The van der Waals surface area contributed by atoms with Crippen LogP contribution in [-0.4, -0.2) is 131 Å². The number of Topliss-reactive ketones (excluding diaryl/α,β-unsaturated/α-hetero) is 3. The number of benzene rings is 1. The maximum Gasteiger partial charge on any atom is 0.312 e. The Bertz CT molecular complexity index is 2010. The number of aromatic hydroxyl groups is 1. The van der Waals surface area contributed by atoms with Crippen LogP contribution >= 0.6 is 0 Å². The molecule has 16 heteroatoms. The zero-order valence-electron chi connectivity index (χ0n) is 36.1. The number of hydrogen-bond acceptors (Lipinski definition) is 16. The van der Waals surface area contributed by atoms with E-state index in [1.807, 2.05) is 12.1 Å². The van der Waals surface area contributed by atoms with Crippen LogP contribution in [0.3, 0.4) is 0 Å². The third-order valence-electron chi connectivity index (χ3n) is 12.2. The normalized spacial score (nSPS) is 33.9. The molecule has 1 fully saturated rings. The van der Waals surface area contributed by atoms with E-state index in [2.05, 4.69) is 15.6 Å². The lowest BCUT2D eigenvalue weighted by atomic mass is 9.78. The molecule has 328 valence electrons. The van der Waals surface area contributed by atoms with Gasteiger partial charge in [0.15, 0.2) is 17.3 Å². The number of aliphatic hydroxyl groups is 3. The Morgan fingerprint density at radius 2 is 1.63 bits per heavy atom. The fourth-order valence-corrected chi connectivity index (χ4v) is 8.13. The molecule has 4 aliphatic heterocycles. The first-order chi connectivity index (χ1) is 28.2. The Labute approximate surface area is 351 Å². The second-order valence-electron chi connectivity index (χ2n) is 16.5. The van der Waals surface area contributed by atoms with Crippen molar-refractivity contribution >= 4 is 29.1 Å². The van der Waals surface area contributed by atoms with Gasteiger partial charge in [0, 0.05) is 82.6 Å². The first kappa shape index (κ1) is 46.1. The van der Waals surface area contributed by atoms with Crippen molar-refractivity contribution in [2.24, 2.45) is 23.7 Å². The van der Waals surface area contributed by atoms with Gasteiger partial charge in [0.25, 0.3) is 5.78 Å². The number of ketones is 3. The number of aliphatic hydroxyl groups excluding tert-OH is 3. The van der Waals surface area contributed by atoms with E-state index in [1.165, 1.54) is 46.4 Å². The summed E-state index contributed by atoms with van der Waals surface area (Å²) in [5.74, 6) is -8.14. The number of ether oxygens (including phenoxy) is 4. The number of piperazine rings is 1. The monoisotopic (exact) mass is 836 g/mol. The van der Waals surface area contributed by atoms with Crippen molar-refractivity contribution in [3.05, 3.63) is 75.9 Å². The number of carbonyl (C=O) groups is 4. The van der Waals surface area contributed by atoms with Gasteiger partial charge in [-0.15, -0.1) is 0 Å². The summed E-state index contributed by atoms with van der Waals surface area (Å²) < 4.78 is 23.6. The van der Waals surface area contributed by atoms with Gasteiger partial charge in [-0.2, -0.15) is 0 Å². The van der Waals surface area contributed by atoms with Gasteiger partial charge in [-0.05, 0) is 32.5 Å². The first-order valence-electron chi connectivity index (χ1n) is 20.3. The van der Waals surface area contributed by atoms with Gasteiger partial charge in [-0.25, -0.2) is 5.01 Å². The molecule has 0 aromatic heterocycles. The van der Waals surface area contributed by atoms with E-state index in [0.717, 1.165) is 13.1 Å². The van der Waals surface area contributed by atoms with Gasteiger partial charge >= 0.3 is 11.8 Å². The standard InChI is InChI=1S/C44H60N4O12/c1-22-12-11-13-23(2)36(51)25(4)37(52)26(5)41(59-28(7)49)24(3)31(57-10)14-19-58-44(8)43(56)34-32-33(38(53)27(6)42(34)60-44)40(55)35(45-21-30(22)50)29(39(32)54)20-46-48-17-15-47(9)16-18-48/h11-14,19-20,23-26,31,36-37,41,45-46,51-53,55H,15-18,21H2,1-10H3/b13-11+,19-14+,22-12-,29-20+/t23-,24+,25+,26+,31-,36-,37+,41+,44-/m0/s1. The summed E-state index contributed by atoms with van der Waals surface area (Å²) in [6.45, 7) is 15.0. The molecule has 0 unspecified atom stereocenters. The van der Waals surface area contributed by atoms with Gasteiger partial charge in [-0.1, -0.05) is 45.9 Å². The molecule has 6 rings (SSSR count). The predicted molar refractivity (Wildman–Crippen MR) is 222 cm³/mol. The number of nitrogens with one attached hydrogen (secondary N) is 2. The topological polar surface area (TPSA) is 217 Å². The van der Waals surface area contributed by atoms with E-state index in [9.17, 15) is 39.6 Å². The van der Waals surface area contributed by atoms with Crippen LogP contribution in [0.1, 0.15) is 80.3 Å². The molecular weight excluding hydrogens is 776 g/mol. The number of hydrazine groups is 1. The van der Waals surface area contributed by atoms with Gasteiger partial charge < -0.3 is 55.0 Å². The number of phenolic OH excluding ortho intramolecular Hbond substituents is 1. The minimum Gasteiger partial charge on any atom is -0.507 e. The molecule has 0 saturated carbocycles. The van der Waals surface area contributed by atoms with Crippen molar-refractivity contribution < 1.29 is 58.6 Å². The van der Waals surface area contributed by atoms with Crippen LogP contribution in [0, 0.1) is 30.6 Å². The van der Waals surface area contributed by atoms with Crippen LogP contribution in [0.4, 0.5) is 0 Å². The highest BCUT2D eigenvalue weighted by Gasteiger charge is 2.52. The number of carbonyl (C=O) groups excluding carboxylic acids is 4. The number of methoxy groups -OCH3 is 1. The third-order valence-corrected chi connectivity index (χ3v) is 12.2. The van der Waals surface area contributed by atoms with E-state index in [0.29, 0.717) is 18.7 Å². The summed E-state index contributed by atoms with van der Waals surface area (Å²) >= 11 is 0. The highest BCUT2D eigenvalue weighted by Crippen LogP contribution is 2.50. The summed E-state index contributed by atoms with van der Waals surface area (Å²) in [5, 5.41) is 51.1. The Morgan fingerprint density at radius 3 is 2.27 bits per heavy atom. The number of esters is 1. The zero-order chi connectivity index (χ0) is 44.4. The van der Waals surface area contributed by atoms with E-state index in [4.69, 9.17) is 18.9 Å². The van der Waals surface area contributed by atoms with Crippen LogP contribution in [0.2, 0.25) is 0 Å². The van der Waals surface area contributed by atoms with Gasteiger partial charge in [-0.3, -0.25) is 19.2 Å². The molecular formula is C44H60N4O12. The van der Waals surface area contributed by atoms with Crippen molar-refractivity contribution in [1.29, 1.82) is 0 Å². The largest absolute Gasteiger partial charge is 0.507 e. The number of likely N-dealkylation sites (N-methyl/N-ethyl adjacent to an activating group) is 1. The molecule has 1 aliphatic carbocycles. The summed E-state index contributed by atoms with van der Waals surface area (Å²) in [6, 6.07) is 0. The van der Waals surface area contributed by atoms with Crippen molar-refractivity contribution in [1.82, 2.24) is 20.7 Å². The highest BCUT2D eigenvalue weighted by molar-refractivity contribution is 6.25. The number of hydrogen-bond donors (Lipinski definition) is 6. The summed E-state index contributed by atoms with van der Waals surface area (Å²) in [4.78, 5) is 57.1. The average Bonchev–Trinajstić information content (AvgIpc) is 3.48. The number of fused-ring (bicyclic) bond motifs is 15. The summed E-state index contributed by atoms with van der Waals surface area (Å²) in [5.41, 5.74) is 2.47. The Hall–Kier alpha value is -5.00. The van der Waals surface area contributed by atoms with E-state index in [1.54, 1.807) is 52.8 Å². The maximum atomic E-state index is 14.7. The molecule has 1 saturated heterocycles. The number of phenols is 1. The minimum atomic E-state index is -2.05. The molecule has 0 amide bonds.